The van der Waals surface area contributed by atoms with Crippen molar-refractivity contribution in [3.63, 3.8) is 0 Å². The van der Waals surface area contributed by atoms with E-state index in [-0.39, 0.29) is 18.6 Å². The number of amides is 1. The fourth-order valence-corrected chi connectivity index (χ4v) is 3.53. The second kappa shape index (κ2) is 9.93. The summed E-state index contributed by atoms with van der Waals surface area (Å²) in [6.07, 6.45) is 4.65. The number of likely N-dealkylation sites (tertiary alicyclic amines) is 1. The number of ether oxygens (including phenoxy) is 3. The summed E-state index contributed by atoms with van der Waals surface area (Å²) in [5, 5.41) is 0. The minimum atomic E-state index is -0.135. The monoisotopic (exact) mass is 419 g/mol. The average Bonchev–Trinajstić information content (AvgIpc) is 2.84. The van der Waals surface area contributed by atoms with Gasteiger partial charge in [0.25, 0.3) is 5.91 Å². The first-order valence-electron chi connectivity index (χ1n) is 10.3. The number of piperidine rings is 1. The van der Waals surface area contributed by atoms with Crippen molar-refractivity contribution < 1.29 is 19.0 Å². The van der Waals surface area contributed by atoms with E-state index in [2.05, 4.69) is 22.1 Å². The molecule has 2 heterocycles. The van der Waals surface area contributed by atoms with Gasteiger partial charge in [-0.1, -0.05) is 42.5 Å². The van der Waals surface area contributed by atoms with Gasteiger partial charge in [-0.25, -0.2) is 0 Å². The number of nitrogens with zero attached hydrogens (tertiary/aromatic N) is 3. The van der Waals surface area contributed by atoms with Gasteiger partial charge in [-0.05, 0) is 36.1 Å². The third-order valence-electron chi connectivity index (χ3n) is 5.14. The van der Waals surface area contributed by atoms with Crippen LogP contribution in [0, 0.1) is 0 Å². The molecule has 1 aromatic heterocycles. The summed E-state index contributed by atoms with van der Waals surface area (Å²) >= 11 is 0. The lowest BCUT2D eigenvalue weighted by Crippen LogP contribution is -2.46. The molecule has 7 heteroatoms. The van der Waals surface area contributed by atoms with E-state index in [0.29, 0.717) is 30.6 Å². The van der Waals surface area contributed by atoms with E-state index in [1.807, 2.05) is 42.5 Å². The Labute approximate surface area is 181 Å². The van der Waals surface area contributed by atoms with Gasteiger partial charge in [-0.15, -0.1) is 0 Å². The SMILES string of the molecule is COc1cncc(OC2CCCN(C(=O)COc3ccc(-c4ccccc4)cc3)C2)n1. The first-order chi connectivity index (χ1) is 15.2. The molecule has 1 aliphatic rings. The van der Waals surface area contributed by atoms with Crippen molar-refractivity contribution in [1.82, 2.24) is 14.9 Å². The molecule has 0 N–H and O–H groups in total. The molecule has 31 heavy (non-hydrogen) atoms. The second-order valence-electron chi connectivity index (χ2n) is 7.30. The van der Waals surface area contributed by atoms with Crippen LogP contribution in [0.5, 0.6) is 17.5 Å². The zero-order valence-corrected chi connectivity index (χ0v) is 17.4. The lowest BCUT2D eigenvalue weighted by molar-refractivity contribution is -0.136. The molecular formula is C24H25N3O4. The van der Waals surface area contributed by atoms with Crippen LogP contribution in [0.2, 0.25) is 0 Å². The minimum Gasteiger partial charge on any atom is -0.484 e. The predicted octanol–water partition coefficient (Wildman–Crippen LogP) is 3.60. The Bertz CT molecular complexity index is 995. The molecule has 1 atom stereocenters. The molecule has 0 radical (unpaired) electrons. The first kappa shape index (κ1) is 20.7. The number of hydrogen-bond donors (Lipinski definition) is 0. The van der Waals surface area contributed by atoms with E-state index >= 15 is 0 Å². The number of hydrogen-bond acceptors (Lipinski definition) is 6. The van der Waals surface area contributed by atoms with Crippen molar-refractivity contribution in [2.45, 2.75) is 18.9 Å². The van der Waals surface area contributed by atoms with Crippen LogP contribution in [-0.4, -0.2) is 53.7 Å². The molecule has 1 amide bonds. The largest absolute Gasteiger partial charge is 0.484 e. The van der Waals surface area contributed by atoms with E-state index in [1.165, 1.54) is 13.3 Å². The van der Waals surface area contributed by atoms with Gasteiger partial charge in [0.2, 0.25) is 11.8 Å². The van der Waals surface area contributed by atoms with E-state index in [4.69, 9.17) is 14.2 Å². The summed E-state index contributed by atoms with van der Waals surface area (Å²) in [7, 11) is 1.53. The minimum absolute atomic E-state index is 0.00360. The lowest BCUT2D eigenvalue weighted by atomic mass is 10.1. The standard InChI is InChI=1S/C24H25N3O4/c1-29-22-14-25-15-23(26-22)31-21-8-5-13-27(16-21)24(28)17-30-20-11-9-19(10-12-20)18-6-3-2-4-7-18/h2-4,6-7,9-12,14-15,21H,5,8,13,16-17H2,1H3. The summed E-state index contributed by atoms with van der Waals surface area (Å²) in [5.41, 5.74) is 2.25. The summed E-state index contributed by atoms with van der Waals surface area (Å²) in [6, 6.07) is 17.9. The molecule has 1 aliphatic heterocycles. The van der Waals surface area contributed by atoms with Crippen LogP contribution < -0.4 is 14.2 Å². The zero-order valence-electron chi connectivity index (χ0n) is 17.4. The summed E-state index contributed by atoms with van der Waals surface area (Å²) in [6.45, 7) is 1.18. The van der Waals surface area contributed by atoms with Crippen LogP contribution in [0.4, 0.5) is 0 Å². The van der Waals surface area contributed by atoms with Crippen LogP contribution in [0.3, 0.4) is 0 Å². The van der Waals surface area contributed by atoms with Crippen LogP contribution in [0.15, 0.2) is 67.0 Å². The Hall–Kier alpha value is -3.61. The van der Waals surface area contributed by atoms with Gasteiger partial charge >= 0.3 is 0 Å². The first-order valence-corrected chi connectivity index (χ1v) is 10.3. The topological polar surface area (TPSA) is 73.8 Å². The number of benzene rings is 2. The number of aromatic nitrogens is 2. The van der Waals surface area contributed by atoms with Gasteiger partial charge in [-0.3, -0.25) is 9.78 Å². The maximum Gasteiger partial charge on any atom is 0.260 e. The smallest absolute Gasteiger partial charge is 0.260 e. The molecular weight excluding hydrogens is 394 g/mol. The fraction of sp³-hybridized carbons (Fsp3) is 0.292. The third kappa shape index (κ3) is 5.51. The molecule has 0 aliphatic carbocycles. The Balaban J connectivity index is 1.29. The number of carbonyl (C=O) groups is 1. The number of rotatable bonds is 7. The van der Waals surface area contributed by atoms with Crippen LogP contribution >= 0.6 is 0 Å². The highest BCUT2D eigenvalue weighted by atomic mass is 16.5. The Morgan fingerprint density at radius 2 is 1.77 bits per heavy atom. The molecule has 2 aromatic carbocycles. The van der Waals surface area contributed by atoms with Crippen molar-refractivity contribution in [3.8, 4) is 28.6 Å². The van der Waals surface area contributed by atoms with Gasteiger partial charge in [0, 0.05) is 6.54 Å². The Morgan fingerprint density at radius 1 is 1.03 bits per heavy atom. The van der Waals surface area contributed by atoms with Gasteiger partial charge < -0.3 is 19.1 Å². The van der Waals surface area contributed by atoms with Gasteiger partial charge in [0.1, 0.15) is 11.9 Å². The molecule has 0 saturated carbocycles. The quantitative estimate of drug-likeness (QED) is 0.583. The van der Waals surface area contributed by atoms with Gasteiger partial charge in [0.05, 0.1) is 26.0 Å². The van der Waals surface area contributed by atoms with E-state index in [1.54, 1.807) is 11.1 Å². The van der Waals surface area contributed by atoms with Crippen molar-refractivity contribution in [2.75, 3.05) is 26.8 Å². The van der Waals surface area contributed by atoms with E-state index in [9.17, 15) is 4.79 Å². The zero-order chi connectivity index (χ0) is 21.5. The van der Waals surface area contributed by atoms with Crippen molar-refractivity contribution >= 4 is 5.91 Å². The van der Waals surface area contributed by atoms with Crippen LogP contribution in [-0.2, 0) is 4.79 Å². The predicted molar refractivity (Wildman–Crippen MR) is 116 cm³/mol. The Kier molecular flexibility index (Phi) is 6.62. The second-order valence-corrected chi connectivity index (χ2v) is 7.30. The fourth-order valence-electron chi connectivity index (χ4n) is 3.53. The van der Waals surface area contributed by atoms with Crippen LogP contribution in [0.25, 0.3) is 11.1 Å². The normalized spacial score (nSPS) is 15.9. The van der Waals surface area contributed by atoms with Gasteiger partial charge in [0.15, 0.2) is 6.61 Å². The summed E-state index contributed by atoms with van der Waals surface area (Å²) in [5.74, 6) is 1.41. The number of carbonyl (C=O) groups excluding carboxylic acids is 1. The van der Waals surface area contributed by atoms with Crippen molar-refractivity contribution in [1.29, 1.82) is 0 Å². The van der Waals surface area contributed by atoms with E-state index < -0.39 is 0 Å². The highest BCUT2D eigenvalue weighted by Crippen LogP contribution is 2.22. The number of methoxy groups -OCH3 is 1. The Morgan fingerprint density at radius 3 is 2.55 bits per heavy atom. The maximum absolute atomic E-state index is 12.7. The molecule has 7 nitrogen and oxygen atoms in total. The summed E-state index contributed by atoms with van der Waals surface area (Å²) in [4.78, 5) is 22.7. The molecule has 160 valence electrons. The highest BCUT2D eigenvalue weighted by Gasteiger charge is 2.25. The van der Waals surface area contributed by atoms with Crippen molar-refractivity contribution in [2.24, 2.45) is 0 Å². The molecule has 4 rings (SSSR count). The van der Waals surface area contributed by atoms with Crippen LogP contribution in [0.1, 0.15) is 12.8 Å². The molecule has 0 spiro atoms. The van der Waals surface area contributed by atoms with Gasteiger partial charge in [-0.2, -0.15) is 4.98 Å². The molecule has 1 fully saturated rings. The van der Waals surface area contributed by atoms with E-state index in [0.717, 1.165) is 24.0 Å². The van der Waals surface area contributed by atoms with Crippen molar-refractivity contribution in [3.05, 3.63) is 67.0 Å². The average molecular weight is 419 g/mol. The summed E-state index contributed by atoms with van der Waals surface area (Å²) < 4.78 is 16.7. The molecule has 1 saturated heterocycles. The molecule has 1 unspecified atom stereocenters. The maximum atomic E-state index is 12.7. The lowest BCUT2D eigenvalue weighted by Gasteiger charge is -2.32. The highest BCUT2D eigenvalue weighted by molar-refractivity contribution is 5.78. The third-order valence-corrected chi connectivity index (χ3v) is 5.14. The molecule has 0 bridgehead atoms. The molecule has 3 aromatic rings.